The van der Waals surface area contributed by atoms with Gasteiger partial charge >= 0.3 is 0 Å². The molecule has 1 aromatic carbocycles. The van der Waals surface area contributed by atoms with Gasteiger partial charge < -0.3 is 9.32 Å². The summed E-state index contributed by atoms with van der Waals surface area (Å²) in [6.45, 7) is 4.20. The number of likely N-dealkylation sites (tertiary alicyclic amines) is 2. The average molecular weight is 416 g/mol. The van der Waals surface area contributed by atoms with E-state index >= 15 is 0 Å². The van der Waals surface area contributed by atoms with E-state index in [4.69, 9.17) is 16.0 Å². The van der Waals surface area contributed by atoms with E-state index in [-0.39, 0.29) is 11.8 Å². The largest absolute Gasteiger partial charge is 0.445 e. The summed E-state index contributed by atoms with van der Waals surface area (Å²) in [5.74, 6) is 2.00. The van der Waals surface area contributed by atoms with Crippen molar-refractivity contribution < 1.29 is 9.21 Å². The van der Waals surface area contributed by atoms with Gasteiger partial charge in [0.05, 0.1) is 18.7 Å². The maximum absolute atomic E-state index is 12.9. The van der Waals surface area contributed by atoms with Gasteiger partial charge in [-0.3, -0.25) is 9.69 Å². The lowest BCUT2D eigenvalue weighted by atomic mass is 9.98. The van der Waals surface area contributed by atoms with Gasteiger partial charge in [0.15, 0.2) is 5.89 Å². The topological polar surface area (TPSA) is 49.6 Å². The van der Waals surface area contributed by atoms with Crippen LogP contribution < -0.4 is 0 Å². The highest BCUT2D eigenvalue weighted by molar-refractivity contribution is 6.31. The minimum absolute atomic E-state index is 0.178. The number of aromatic nitrogens is 1. The molecular formula is C23H30ClN3O2. The molecule has 0 bridgehead atoms. The van der Waals surface area contributed by atoms with Crippen LogP contribution in [0.25, 0.3) is 0 Å². The lowest BCUT2D eigenvalue weighted by Crippen LogP contribution is -2.44. The number of piperidine rings is 1. The Morgan fingerprint density at radius 3 is 2.69 bits per heavy atom. The Kier molecular flexibility index (Phi) is 6.88. The summed E-state index contributed by atoms with van der Waals surface area (Å²) in [7, 11) is 0. The Morgan fingerprint density at radius 2 is 1.90 bits per heavy atom. The summed E-state index contributed by atoms with van der Waals surface area (Å²) in [6, 6.07) is 7.81. The second kappa shape index (κ2) is 9.77. The molecule has 2 saturated heterocycles. The fourth-order valence-electron chi connectivity index (χ4n) is 4.41. The smallest absolute Gasteiger partial charge is 0.236 e. The van der Waals surface area contributed by atoms with E-state index in [9.17, 15) is 4.79 Å². The van der Waals surface area contributed by atoms with Gasteiger partial charge in [0.1, 0.15) is 5.76 Å². The molecule has 3 heterocycles. The van der Waals surface area contributed by atoms with Crippen LogP contribution in [0.3, 0.4) is 0 Å². The van der Waals surface area contributed by atoms with Crippen LogP contribution in [-0.2, 0) is 11.2 Å². The summed E-state index contributed by atoms with van der Waals surface area (Å²) in [6.07, 6.45) is 9.45. The number of halogens is 1. The monoisotopic (exact) mass is 415 g/mol. The molecule has 0 radical (unpaired) electrons. The average Bonchev–Trinajstić information content (AvgIpc) is 3.05. The van der Waals surface area contributed by atoms with E-state index in [0.717, 1.165) is 54.7 Å². The molecule has 1 aromatic heterocycles. The number of nitrogens with zero attached hydrogens (tertiary/aromatic N) is 3. The summed E-state index contributed by atoms with van der Waals surface area (Å²) in [5, 5.41) is 0.744. The summed E-state index contributed by atoms with van der Waals surface area (Å²) >= 11 is 6.26. The first-order valence-electron chi connectivity index (χ1n) is 10.9. The van der Waals surface area contributed by atoms with Gasteiger partial charge in [-0.25, -0.2) is 4.98 Å². The normalized spacial score (nSPS) is 21.1. The van der Waals surface area contributed by atoms with Gasteiger partial charge in [-0.1, -0.05) is 42.6 Å². The fraction of sp³-hybridized carbons (Fsp3) is 0.565. The number of carbonyl (C=O) groups is 1. The van der Waals surface area contributed by atoms with E-state index in [2.05, 4.69) is 9.88 Å². The van der Waals surface area contributed by atoms with Crippen LogP contribution in [0.4, 0.5) is 0 Å². The zero-order valence-electron chi connectivity index (χ0n) is 17.0. The van der Waals surface area contributed by atoms with E-state index in [1.54, 1.807) is 6.20 Å². The maximum atomic E-state index is 12.9. The number of carbonyl (C=O) groups excluding carboxylic acids is 1. The molecule has 4 rings (SSSR count). The van der Waals surface area contributed by atoms with Crippen molar-refractivity contribution in [3.63, 3.8) is 0 Å². The first-order valence-corrected chi connectivity index (χ1v) is 11.2. The fourth-order valence-corrected chi connectivity index (χ4v) is 4.62. The van der Waals surface area contributed by atoms with Crippen LogP contribution in [0.5, 0.6) is 0 Å². The van der Waals surface area contributed by atoms with Gasteiger partial charge in [0.25, 0.3) is 0 Å². The van der Waals surface area contributed by atoms with Crippen LogP contribution in [0.1, 0.15) is 61.7 Å². The van der Waals surface area contributed by atoms with Crippen molar-refractivity contribution in [1.82, 2.24) is 14.8 Å². The predicted molar refractivity (Wildman–Crippen MR) is 114 cm³/mol. The second-order valence-corrected chi connectivity index (χ2v) is 8.71. The highest BCUT2D eigenvalue weighted by atomic mass is 35.5. The van der Waals surface area contributed by atoms with Crippen molar-refractivity contribution in [2.75, 3.05) is 32.7 Å². The predicted octanol–water partition coefficient (Wildman–Crippen LogP) is 4.50. The standard InChI is InChI=1S/C23H30ClN3O2/c24-21-10-4-3-8-18(21)14-20-15-25-23(29-20)19-9-7-13-27(16-19)22(28)17-26-11-5-1-2-6-12-26/h3-4,8,10,15,19H,1-2,5-7,9,11-14,16-17H2/t19-/m0/s1. The Bertz CT molecular complexity index is 814. The van der Waals surface area contributed by atoms with Crippen molar-refractivity contribution in [3.8, 4) is 0 Å². The zero-order chi connectivity index (χ0) is 20.1. The molecular weight excluding hydrogens is 386 g/mol. The number of hydrogen-bond donors (Lipinski definition) is 0. The van der Waals surface area contributed by atoms with Crippen LogP contribution in [0.15, 0.2) is 34.9 Å². The molecule has 2 aliphatic heterocycles. The minimum atomic E-state index is 0.178. The molecule has 156 valence electrons. The van der Waals surface area contributed by atoms with Gasteiger partial charge in [-0.15, -0.1) is 0 Å². The molecule has 2 fully saturated rings. The van der Waals surface area contributed by atoms with Crippen LogP contribution in [0, 0.1) is 0 Å². The number of rotatable bonds is 5. The molecule has 0 saturated carbocycles. The third-order valence-electron chi connectivity index (χ3n) is 6.07. The number of benzene rings is 1. The lowest BCUT2D eigenvalue weighted by Gasteiger charge is -2.33. The number of oxazole rings is 1. The molecule has 2 aromatic rings. The van der Waals surface area contributed by atoms with E-state index < -0.39 is 0 Å². The molecule has 0 unspecified atom stereocenters. The number of hydrogen-bond acceptors (Lipinski definition) is 4. The third kappa shape index (κ3) is 5.40. The second-order valence-electron chi connectivity index (χ2n) is 8.30. The third-order valence-corrected chi connectivity index (χ3v) is 6.44. The van der Waals surface area contributed by atoms with Crippen molar-refractivity contribution in [2.45, 2.75) is 50.9 Å². The first kappa shape index (κ1) is 20.4. The molecule has 0 N–H and O–H groups in total. The first-order chi connectivity index (χ1) is 14.2. The Hall–Kier alpha value is -1.85. The van der Waals surface area contributed by atoms with E-state index in [0.29, 0.717) is 19.5 Å². The molecule has 29 heavy (non-hydrogen) atoms. The SMILES string of the molecule is O=C(CN1CCCCCC1)N1CCC[C@H](c2ncc(Cc3ccccc3Cl)o2)C1. The Balaban J connectivity index is 1.35. The summed E-state index contributed by atoms with van der Waals surface area (Å²) < 4.78 is 6.06. The lowest BCUT2D eigenvalue weighted by molar-refractivity contribution is -0.133. The quantitative estimate of drug-likeness (QED) is 0.721. The molecule has 5 nitrogen and oxygen atoms in total. The van der Waals surface area contributed by atoms with E-state index in [1.165, 1.54) is 25.7 Å². The van der Waals surface area contributed by atoms with E-state index in [1.807, 2.05) is 29.2 Å². The van der Waals surface area contributed by atoms with Crippen LogP contribution in [0.2, 0.25) is 5.02 Å². The van der Waals surface area contributed by atoms with Gasteiger partial charge in [0, 0.05) is 24.5 Å². The van der Waals surface area contributed by atoms with Crippen LogP contribution >= 0.6 is 11.6 Å². The molecule has 0 spiro atoms. The summed E-state index contributed by atoms with van der Waals surface area (Å²) in [5.41, 5.74) is 1.04. The van der Waals surface area contributed by atoms with Crippen LogP contribution in [-0.4, -0.2) is 53.4 Å². The molecule has 2 aliphatic rings. The Morgan fingerprint density at radius 1 is 1.10 bits per heavy atom. The highest BCUT2D eigenvalue weighted by Crippen LogP contribution is 2.28. The Labute approximate surface area is 178 Å². The number of amides is 1. The molecule has 0 aliphatic carbocycles. The maximum Gasteiger partial charge on any atom is 0.236 e. The van der Waals surface area contributed by atoms with Crippen molar-refractivity contribution >= 4 is 17.5 Å². The highest BCUT2D eigenvalue weighted by Gasteiger charge is 2.28. The van der Waals surface area contributed by atoms with Crippen molar-refractivity contribution in [1.29, 1.82) is 0 Å². The minimum Gasteiger partial charge on any atom is -0.445 e. The summed E-state index contributed by atoms with van der Waals surface area (Å²) in [4.78, 5) is 21.7. The van der Waals surface area contributed by atoms with Crippen molar-refractivity contribution in [3.05, 3.63) is 52.7 Å². The zero-order valence-corrected chi connectivity index (χ0v) is 17.7. The van der Waals surface area contributed by atoms with Gasteiger partial charge in [-0.2, -0.15) is 0 Å². The van der Waals surface area contributed by atoms with Gasteiger partial charge in [0.2, 0.25) is 5.91 Å². The van der Waals surface area contributed by atoms with Gasteiger partial charge in [-0.05, 0) is 50.4 Å². The molecule has 1 amide bonds. The molecule has 1 atom stereocenters. The molecule has 6 heteroatoms. The van der Waals surface area contributed by atoms with Crippen molar-refractivity contribution in [2.24, 2.45) is 0 Å².